The average Bonchev–Trinajstić information content (AvgIpc) is 3.03. The molecule has 0 saturated carbocycles. The van der Waals surface area contributed by atoms with Crippen LogP contribution in [0, 0.1) is 11.8 Å². The van der Waals surface area contributed by atoms with E-state index in [0.29, 0.717) is 19.5 Å². The largest absolute Gasteiger partial charge is 0.284 e. The van der Waals surface area contributed by atoms with Gasteiger partial charge in [0, 0.05) is 6.54 Å². The number of carbonyl (C=O) groups excluding carboxylic acids is 2. The summed E-state index contributed by atoms with van der Waals surface area (Å²) in [5, 5.41) is 4.13. The van der Waals surface area contributed by atoms with E-state index in [1.165, 1.54) is 10.5 Å². The van der Waals surface area contributed by atoms with Gasteiger partial charge in [-0.15, -0.1) is 0 Å². The van der Waals surface area contributed by atoms with Crippen molar-refractivity contribution in [2.45, 2.75) is 19.4 Å². The summed E-state index contributed by atoms with van der Waals surface area (Å²) in [6, 6.07) is 2.07. The van der Waals surface area contributed by atoms with Gasteiger partial charge in [-0.1, -0.05) is 12.2 Å². The molecule has 3 rings (SSSR count). The van der Waals surface area contributed by atoms with Crippen LogP contribution >= 0.6 is 11.3 Å². The lowest BCUT2D eigenvalue weighted by Crippen LogP contribution is -2.39. The minimum atomic E-state index is -0.123. The number of hydrogen-bond donors (Lipinski definition) is 0. The Kier molecular flexibility index (Phi) is 3.72. The third-order valence-electron chi connectivity index (χ3n) is 4.01. The molecule has 2 aliphatic rings. The van der Waals surface area contributed by atoms with E-state index >= 15 is 0 Å². The fraction of sp³-hybridized carbons (Fsp3) is 0.467. The maximum absolute atomic E-state index is 12.3. The molecule has 5 heteroatoms. The van der Waals surface area contributed by atoms with Gasteiger partial charge in [-0.2, -0.15) is 11.3 Å². The van der Waals surface area contributed by atoms with E-state index in [1.807, 2.05) is 29.5 Å². The van der Waals surface area contributed by atoms with Crippen LogP contribution in [0.25, 0.3) is 0 Å². The summed E-state index contributed by atoms with van der Waals surface area (Å²) in [5.74, 6) is -0.243. The van der Waals surface area contributed by atoms with E-state index in [2.05, 4.69) is 11.4 Å². The molecule has 0 aromatic carbocycles. The Morgan fingerprint density at radius 3 is 2.45 bits per heavy atom. The highest BCUT2D eigenvalue weighted by Crippen LogP contribution is 2.35. The molecule has 1 aromatic rings. The van der Waals surface area contributed by atoms with Crippen LogP contribution in [0.2, 0.25) is 0 Å². The van der Waals surface area contributed by atoms with Gasteiger partial charge < -0.3 is 0 Å². The molecule has 1 aliphatic heterocycles. The second-order valence-corrected chi connectivity index (χ2v) is 6.33. The van der Waals surface area contributed by atoms with Crippen molar-refractivity contribution in [2.24, 2.45) is 11.8 Å². The van der Waals surface area contributed by atoms with Gasteiger partial charge >= 0.3 is 0 Å². The Hall–Kier alpha value is -1.46. The number of thiophene rings is 1. The Bertz CT molecular complexity index is 512. The minimum absolute atomic E-state index is 0.00141. The predicted molar refractivity (Wildman–Crippen MR) is 77.9 cm³/mol. The average molecular weight is 290 g/mol. The van der Waals surface area contributed by atoms with Crippen molar-refractivity contribution in [1.82, 2.24) is 9.80 Å². The number of rotatable bonds is 4. The van der Waals surface area contributed by atoms with E-state index in [1.54, 1.807) is 11.3 Å². The van der Waals surface area contributed by atoms with Gasteiger partial charge in [0.1, 0.15) is 0 Å². The number of carbonyl (C=O) groups is 2. The normalized spacial score (nSPS) is 25.6. The lowest BCUT2D eigenvalue weighted by atomic mass is 9.85. The van der Waals surface area contributed by atoms with Crippen LogP contribution in [0.4, 0.5) is 0 Å². The number of amides is 2. The molecule has 2 amide bonds. The van der Waals surface area contributed by atoms with Gasteiger partial charge in [-0.3, -0.25) is 19.4 Å². The molecule has 106 valence electrons. The summed E-state index contributed by atoms with van der Waals surface area (Å²) in [6.45, 7) is 1.15. The van der Waals surface area contributed by atoms with Gasteiger partial charge in [0.2, 0.25) is 11.8 Å². The lowest BCUT2D eigenvalue weighted by Gasteiger charge is -2.22. The SMILES string of the molecule is CN(Cc1ccsc1)CN1C(=O)[C@H]2CC=CC[C@H]2C1=O. The second-order valence-electron chi connectivity index (χ2n) is 5.55. The van der Waals surface area contributed by atoms with Crippen molar-refractivity contribution in [3.05, 3.63) is 34.5 Å². The molecule has 0 bridgehead atoms. The highest BCUT2D eigenvalue weighted by Gasteiger charge is 2.47. The summed E-state index contributed by atoms with van der Waals surface area (Å²) < 4.78 is 0. The highest BCUT2D eigenvalue weighted by atomic mass is 32.1. The lowest BCUT2D eigenvalue weighted by molar-refractivity contribution is -0.142. The Balaban J connectivity index is 1.65. The Morgan fingerprint density at radius 1 is 1.25 bits per heavy atom. The first-order valence-corrected chi connectivity index (χ1v) is 7.81. The monoisotopic (exact) mass is 290 g/mol. The number of imide groups is 1. The van der Waals surface area contributed by atoms with Crippen molar-refractivity contribution in [2.75, 3.05) is 13.7 Å². The third kappa shape index (κ3) is 2.43. The first kappa shape index (κ1) is 13.5. The van der Waals surface area contributed by atoms with Crippen LogP contribution in [-0.2, 0) is 16.1 Å². The van der Waals surface area contributed by atoms with Gasteiger partial charge in [-0.25, -0.2) is 0 Å². The number of nitrogens with zero attached hydrogens (tertiary/aromatic N) is 2. The van der Waals surface area contributed by atoms with Gasteiger partial charge in [0.05, 0.1) is 18.5 Å². The first-order chi connectivity index (χ1) is 9.66. The van der Waals surface area contributed by atoms with Crippen LogP contribution in [0.5, 0.6) is 0 Å². The molecule has 1 fully saturated rings. The zero-order valence-electron chi connectivity index (χ0n) is 11.5. The summed E-state index contributed by atoms with van der Waals surface area (Å²) in [5.41, 5.74) is 1.22. The molecule has 20 heavy (non-hydrogen) atoms. The summed E-state index contributed by atoms with van der Waals surface area (Å²) in [4.78, 5) is 28.1. The maximum Gasteiger partial charge on any atom is 0.234 e. The van der Waals surface area contributed by atoms with E-state index < -0.39 is 0 Å². The molecule has 2 heterocycles. The van der Waals surface area contributed by atoms with Crippen molar-refractivity contribution >= 4 is 23.2 Å². The van der Waals surface area contributed by atoms with E-state index in [4.69, 9.17) is 0 Å². The van der Waals surface area contributed by atoms with Gasteiger partial charge in [0.25, 0.3) is 0 Å². The highest BCUT2D eigenvalue weighted by molar-refractivity contribution is 7.07. The molecule has 1 saturated heterocycles. The second kappa shape index (κ2) is 5.50. The minimum Gasteiger partial charge on any atom is -0.284 e. The smallest absolute Gasteiger partial charge is 0.234 e. The molecular weight excluding hydrogens is 272 g/mol. The van der Waals surface area contributed by atoms with Gasteiger partial charge in [-0.05, 0) is 42.3 Å². The van der Waals surface area contributed by atoms with Crippen molar-refractivity contribution in [3.63, 3.8) is 0 Å². The summed E-state index contributed by atoms with van der Waals surface area (Å²) >= 11 is 1.66. The molecule has 0 unspecified atom stereocenters. The van der Waals surface area contributed by atoms with Crippen LogP contribution in [-0.4, -0.2) is 35.3 Å². The molecule has 1 aromatic heterocycles. The van der Waals surface area contributed by atoms with Crippen molar-refractivity contribution in [1.29, 1.82) is 0 Å². The molecule has 0 radical (unpaired) electrons. The zero-order valence-corrected chi connectivity index (χ0v) is 12.3. The molecule has 4 nitrogen and oxygen atoms in total. The summed E-state index contributed by atoms with van der Waals surface area (Å²) in [6.07, 6.45) is 5.45. The molecule has 0 spiro atoms. The van der Waals surface area contributed by atoms with Crippen molar-refractivity contribution < 1.29 is 9.59 Å². The fourth-order valence-electron chi connectivity index (χ4n) is 2.99. The molecule has 1 aliphatic carbocycles. The molecule has 0 N–H and O–H groups in total. The third-order valence-corrected chi connectivity index (χ3v) is 4.75. The maximum atomic E-state index is 12.3. The van der Waals surface area contributed by atoms with E-state index in [0.717, 1.165) is 6.54 Å². The first-order valence-electron chi connectivity index (χ1n) is 6.86. The van der Waals surface area contributed by atoms with E-state index in [9.17, 15) is 9.59 Å². The van der Waals surface area contributed by atoms with E-state index in [-0.39, 0.29) is 23.7 Å². The fourth-order valence-corrected chi connectivity index (χ4v) is 3.65. The molecule has 2 atom stereocenters. The zero-order chi connectivity index (χ0) is 14.1. The van der Waals surface area contributed by atoms with Crippen molar-refractivity contribution in [3.8, 4) is 0 Å². The molecular formula is C15H18N2O2S. The number of hydrogen-bond acceptors (Lipinski definition) is 4. The van der Waals surface area contributed by atoms with Crippen LogP contribution in [0.3, 0.4) is 0 Å². The number of likely N-dealkylation sites (tertiary alicyclic amines) is 1. The Labute approximate surface area is 122 Å². The van der Waals surface area contributed by atoms with Gasteiger partial charge in [0.15, 0.2) is 0 Å². The quantitative estimate of drug-likeness (QED) is 0.630. The topological polar surface area (TPSA) is 40.6 Å². The predicted octanol–water partition coefficient (Wildman–Crippen LogP) is 2.09. The summed E-state index contributed by atoms with van der Waals surface area (Å²) in [7, 11) is 1.94. The van der Waals surface area contributed by atoms with Crippen LogP contribution in [0.15, 0.2) is 29.0 Å². The number of allylic oxidation sites excluding steroid dienone is 2. The van der Waals surface area contributed by atoms with Crippen LogP contribution < -0.4 is 0 Å². The standard InChI is InChI=1S/C15H18N2O2S/c1-16(8-11-6-7-20-9-11)10-17-14(18)12-4-2-3-5-13(12)15(17)19/h2-3,6-7,9,12-13H,4-5,8,10H2,1H3/t12-,13+. The van der Waals surface area contributed by atoms with Crippen LogP contribution in [0.1, 0.15) is 18.4 Å². The number of fused-ring (bicyclic) bond motifs is 1. The Morgan fingerprint density at radius 2 is 1.90 bits per heavy atom.